The van der Waals surface area contributed by atoms with Gasteiger partial charge in [0.25, 0.3) is 0 Å². The Labute approximate surface area is 336 Å². The molecule has 3 aromatic rings. The van der Waals surface area contributed by atoms with E-state index in [-0.39, 0.29) is 34.1 Å². The Balaban J connectivity index is 1.66. The summed E-state index contributed by atoms with van der Waals surface area (Å²) in [5, 5.41) is 36.4. The van der Waals surface area contributed by atoms with Gasteiger partial charge in [-0.05, 0) is 108 Å². The quantitative estimate of drug-likeness (QED) is 0.107. The molecule has 302 valence electrons. The number of ether oxygens (including phenoxy) is 4. The molecular formula is C44H46FN5O8. The van der Waals surface area contributed by atoms with Crippen LogP contribution < -0.4 is 20.1 Å². The fraction of sp³-hybridized carbons (Fsp3) is 0.364. The number of allylic oxidation sites excluding steroid dienone is 4. The van der Waals surface area contributed by atoms with Crippen LogP contribution >= 0.6 is 0 Å². The van der Waals surface area contributed by atoms with Gasteiger partial charge < -0.3 is 29.4 Å². The summed E-state index contributed by atoms with van der Waals surface area (Å²) >= 11 is 0. The van der Waals surface area contributed by atoms with Crippen molar-refractivity contribution in [2.24, 2.45) is 11.3 Å². The molecule has 1 aromatic heterocycles. The van der Waals surface area contributed by atoms with Gasteiger partial charge in [-0.15, -0.1) is 0 Å². The van der Waals surface area contributed by atoms with E-state index in [4.69, 9.17) is 23.9 Å². The SMILES string of the molecule is COc1ccc(-c2cnc(C3CNCCC3C3(/C=C/C(=O)O)C=CC(NC(=O)OC(C)(C)C)=CC3)c(C#N)c2-c2ccc(C#N)c(F)c2)cc1OC(=O)OC(C)(C)C. The van der Waals surface area contributed by atoms with Crippen LogP contribution in [0.25, 0.3) is 22.3 Å². The number of nitriles is 2. The molecular weight excluding hydrogens is 746 g/mol. The number of carbonyl (C=O) groups excluding carboxylic acids is 2. The molecule has 3 N–H and O–H groups in total. The zero-order valence-electron chi connectivity index (χ0n) is 33.4. The minimum Gasteiger partial charge on any atom is -0.493 e. The first-order valence-electron chi connectivity index (χ1n) is 18.6. The number of nitrogens with zero attached hydrogens (tertiary/aromatic N) is 3. The highest BCUT2D eigenvalue weighted by molar-refractivity contribution is 5.88. The van der Waals surface area contributed by atoms with Gasteiger partial charge in [0.1, 0.15) is 29.2 Å². The largest absolute Gasteiger partial charge is 0.514 e. The third-order valence-electron chi connectivity index (χ3n) is 9.61. The number of alkyl carbamates (subject to hydrolysis) is 1. The summed E-state index contributed by atoms with van der Waals surface area (Å²) in [7, 11) is 1.41. The molecule has 1 fully saturated rings. The van der Waals surface area contributed by atoms with Crippen molar-refractivity contribution in [1.29, 1.82) is 10.5 Å². The molecule has 2 aromatic carbocycles. The van der Waals surface area contributed by atoms with E-state index in [1.54, 1.807) is 78.1 Å². The molecule has 2 heterocycles. The molecule has 0 spiro atoms. The van der Waals surface area contributed by atoms with Crippen LogP contribution in [0.5, 0.6) is 11.5 Å². The Bertz CT molecular complexity index is 2270. The van der Waals surface area contributed by atoms with Crippen molar-refractivity contribution in [3.8, 4) is 45.9 Å². The number of nitrogens with one attached hydrogen (secondary N) is 2. The highest BCUT2D eigenvalue weighted by Crippen LogP contribution is 2.50. The van der Waals surface area contributed by atoms with Gasteiger partial charge in [0, 0.05) is 47.0 Å². The van der Waals surface area contributed by atoms with E-state index in [2.05, 4.69) is 16.7 Å². The van der Waals surface area contributed by atoms with Crippen LogP contribution in [0.1, 0.15) is 77.1 Å². The molecule has 0 saturated carbocycles. The van der Waals surface area contributed by atoms with Crippen LogP contribution in [0.4, 0.5) is 14.0 Å². The summed E-state index contributed by atoms with van der Waals surface area (Å²) in [6, 6.07) is 13.0. The second-order valence-electron chi connectivity index (χ2n) is 16.0. The van der Waals surface area contributed by atoms with E-state index >= 15 is 4.39 Å². The van der Waals surface area contributed by atoms with Crippen LogP contribution in [0.2, 0.25) is 0 Å². The number of benzene rings is 2. The van der Waals surface area contributed by atoms with Gasteiger partial charge >= 0.3 is 18.2 Å². The predicted octanol–water partition coefficient (Wildman–Crippen LogP) is 8.31. The maximum atomic E-state index is 15.4. The molecule has 1 aliphatic carbocycles. The van der Waals surface area contributed by atoms with Gasteiger partial charge in [-0.2, -0.15) is 10.5 Å². The number of hydrogen-bond acceptors (Lipinski definition) is 11. The Hall–Kier alpha value is -6.51. The van der Waals surface area contributed by atoms with Crippen LogP contribution in [-0.4, -0.2) is 59.7 Å². The molecule has 13 nitrogen and oxygen atoms in total. The Morgan fingerprint density at radius 3 is 2.34 bits per heavy atom. The highest BCUT2D eigenvalue weighted by atomic mass is 19.1. The van der Waals surface area contributed by atoms with Gasteiger partial charge in [0.2, 0.25) is 0 Å². The van der Waals surface area contributed by atoms with Gasteiger partial charge in [-0.3, -0.25) is 10.3 Å². The molecule has 1 aliphatic heterocycles. The number of carbonyl (C=O) groups is 3. The van der Waals surface area contributed by atoms with E-state index in [1.807, 2.05) is 18.2 Å². The van der Waals surface area contributed by atoms with Crippen molar-refractivity contribution in [3.63, 3.8) is 0 Å². The topological polar surface area (TPSA) is 193 Å². The zero-order valence-corrected chi connectivity index (χ0v) is 33.4. The van der Waals surface area contributed by atoms with E-state index in [0.29, 0.717) is 54.0 Å². The first-order chi connectivity index (χ1) is 27.4. The number of amides is 1. The Morgan fingerprint density at radius 2 is 1.74 bits per heavy atom. The maximum Gasteiger partial charge on any atom is 0.514 e. The second-order valence-corrected chi connectivity index (χ2v) is 16.0. The number of halogens is 1. The molecule has 14 heteroatoms. The number of methoxy groups -OCH3 is 1. The molecule has 3 atom stereocenters. The molecule has 2 aliphatic rings. The van der Waals surface area contributed by atoms with E-state index in [9.17, 15) is 30.0 Å². The van der Waals surface area contributed by atoms with Crippen molar-refractivity contribution >= 4 is 18.2 Å². The van der Waals surface area contributed by atoms with Crippen LogP contribution in [-0.2, 0) is 14.3 Å². The fourth-order valence-corrected chi connectivity index (χ4v) is 7.20. The lowest BCUT2D eigenvalue weighted by Gasteiger charge is -2.44. The summed E-state index contributed by atoms with van der Waals surface area (Å²) in [6.07, 6.45) is 8.94. The summed E-state index contributed by atoms with van der Waals surface area (Å²) < 4.78 is 37.2. The number of hydrogen-bond donors (Lipinski definition) is 3. The van der Waals surface area contributed by atoms with Gasteiger partial charge in [-0.25, -0.2) is 18.8 Å². The van der Waals surface area contributed by atoms with E-state index < -0.39 is 46.6 Å². The molecule has 3 unspecified atom stereocenters. The molecule has 58 heavy (non-hydrogen) atoms. The van der Waals surface area contributed by atoms with E-state index in [1.165, 1.54) is 25.3 Å². The number of aliphatic carboxylic acids is 1. The number of pyridine rings is 1. The number of piperidine rings is 1. The summed E-state index contributed by atoms with van der Waals surface area (Å²) in [5.74, 6) is -2.47. The smallest absolute Gasteiger partial charge is 0.493 e. The third kappa shape index (κ3) is 10.1. The Morgan fingerprint density at radius 1 is 1.02 bits per heavy atom. The van der Waals surface area contributed by atoms with Crippen LogP contribution in [0.3, 0.4) is 0 Å². The Kier molecular flexibility index (Phi) is 12.7. The molecule has 5 rings (SSSR count). The summed E-state index contributed by atoms with van der Waals surface area (Å²) in [5.41, 5.74) is -0.189. The third-order valence-corrected chi connectivity index (χ3v) is 9.61. The number of carboxylic acid groups (broad SMARTS) is 1. The predicted molar refractivity (Wildman–Crippen MR) is 212 cm³/mol. The fourth-order valence-electron chi connectivity index (χ4n) is 7.20. The summed E-state index contributed by atoms with van der Waals surface area (Å²) in [6.45, 7) is 11.3. The maximum absolute atomic E-state index is 15.4. The van der Waals surface area contributed by atoms with Crippen LogP contribution in [0, 0.1) is 39.8 Å². The summed E-state index contributed by atoms with van der Waals surface area (Å²) in [4.78, 5) is 42.2. The highest BCUT2D eigenvalue weighted by Gasteiger charge is 2.43. The standard InChI is InChI=1S/C44H46FN5O8/c1-42(2,3)57-40(53)50-29-12-16-44(17-13-29,18-14-37(51)52)33-15-19-48-24-32(33)39-30(23-47)38(27-8-9-28(22-46)34(45)20-27)31(25-49-39)26-10-11-35(55-7)36(21-26)56-41(54)58-43(4,5)6/h8-14,16,18,20-21,25,32-33,48H,15,17,19,24H2,1-7H3,(H,50,53)(H,51,52)/b18-14+. The number of rotatable bonds is 9. The molecule has 0 radical (unpaired) electrons. The average molecular weight is 792 g/mol. The minimum absolute atomic E-state index is 0.0233. The number of carboxylic acids is 1. The molecule has 1 amide bonds. The normalized spacial score (nSPS) is 19.3. The monoisotopic (exact) mass is 791 g/mol. The number of aromatic nitrogens is 1. The van der Waals surface area contributed by atoms with Gasteiger partial charge in [0.05, 0.1) is 23.9 Å². The lowest BCUT2D eigenvalue weighted by molar-refractivity contribution is -0.131. The van der Waals surface area contributed by atoms with Crippen molar-refractivity contribution < 1.29 is 42.8 Å². The molecule has 0 bridgehead atoms. The lowest BCUT2D eigenvalue weighted by atomic mass is 9.62. The first-order valence-corrected chi connectivity index (χ1v) is 18.6. The zero-order chi connectivity index (χ0) is 42.4. The van der Waals surface area contributed by atoms with Crippen molar-refractivity contribution in [3.05, 3.63) is 101 Å². The molecule has 1 saturated heterocycles. The average Bonchev–Trinajstić information content (AvgIpc) is 3.15. The van der Waals surface area contributed by atoms with Gasteiger partial charge in [-0.1, -0.05) is 30.4 Å². The van der Waals surface area contributed by atoms with Gasteiger partial charge in [0.15, 0.2) is 11.5 Å². The first kappa shape index (κ1) is 42.6. The van der Waals surface area contributed by atoms with Crippen LogP contribution in [0.15, 0.2) is 78.7 Å². The second kappa shape index (κ2) is 17.3. The van der Waals surface area contributed by atoms with Crippen molar-refractivity contribution in [1.82, 2.24) is 15.6 Å². The van der Waals surface area contributed by atoms with Crippen molar-refractivity contribution in [2.45, 2.75) is 71.5 Å². The van der Waals surface area contributed by atoms with E-state index in [0.717, 1.165) is 6.08 Å². The van der Waals surface area contributed by atoms with Crippen molar-refractivity contribution in [2.75, 3.05) is 20.2 Å². The minimum atomic E-state index is -1.14. The lowest BCUT2D eigenvalue weighted by Crippen LogP contribution is -2.44.